The van der Waals surface area contributed by atoms with Crippen LogP contribution < -0.4 is 0 Å². The van der Waals surface area contributed by atoms with Gasteiger partial charge in [-0.25, -0.2) is 4.98 Å². The topological polar surface area (TPSA) is 12.9 Å². The summed E-state index contributed by atoms with van der Waals surface area (Å²) in [4.78, 5) is 4.04. The lowest BCUT2D eigenvalue weighted by atomic mass is 10.3. The minimum Gasteiger partial charge on any atom is -0.248 e. The number of alkyl halides is 1. The fourth-order valence-corrected chi connectivity index (χ4v) is 2.13. The average Bonchev–Trinajstić information content (AvgIpc) is 1.94. The molecule has 1 heterocycles. The highest BCUT2D eigenvalue weighted by Gasteiger charge is 1.98. The molecule has 10 heavy (non-hydrogen) atoms. The Morgan fingerprint density at radius 3 is 2.60 bits per heavy atom. The van der Waals surface area contributed by atoms with Gasteiger partial charge >= 0.3 is 0 Å². The number of rotatable bonds is 1. The molecule has 0 radical (unpaired) electrons. The number of aromatic nitrogens is 1. The molecule has 0 aliphatic carbocycles. The lowest BCUT2D eigenvalue weighted by molar-refractivity contribution is 1.21. The molecule has 54 valence electrons. The molecule has 0 unspecified atom stereocenters. The van der Waals surface area contributed by atoms with E-state index in [1.165, 1.54) is 5.56 Å². The maximum atomic E-state index is 4.04. The van der Waals surface area contributed by atoms with E-state index in [0.29, 0.717) is 0 Å². The zero-order chi connectivity index (χ0) is 7.56. The first-order valence-corrected chi connectivity index (χ1v) is 5.30. The van der Waals surface area contributed by atoms with Crippen molar-refractivity contribution in [3.05, 3.63) is 26.9 Å². The highest BCUT2D eigenvalue weighted by Crippen LogP contribution is 2.20. The van der Waals surface area contributed by atoms with Crippen LogP contribution in [0.5, 0.6) is 0 Å². The van der Waals surface area contributed by atoms with Crippen molar-refractivity contribution in [2.24, 2.45) is 0 Å². The van der Waals surface area contributed by atoms with Crippen LogP contribution in [-0.2, 0) is 5.33 Å². The van der Waals surface area contributed by atoms with E-state index < -0.39 is 0 Å². The lowest BCUT2D eigenvalue weighted by Crippen LogP contribution is -1.82. The highest BCUT2D eigenvalue weighted by molar-refractivity contribution is 9.11. The molecule has 0 aliphatic rings. The van der Waals surface area contributed by atoms with Gasteiger partial charge in [-0.05, 0) is 43.5 Å². The third-order valence-corrected chi connectivity index (χ3v) is 2.80. The Balaban J connectivity index is 3.09. The summed E-state index contributed by atoms with van der Waals surface area (Å²) in [5, 5.41) is 0.842. The normalized spacial score (nSPS) is 9.90. The summed E-state index contributed by atoms with van der Waals surface area (Å²) in [5.74, 6) is 0. The van der Waals surface area contributed by atoms with Gasteiger partial charge in [-0.2, -0.15) is 0 Å². The number of hydrogen-bond donors (Lipinski definition) is 0. The molecule has 0 N–H and O–H groups in total. The molecule has 0 bridgehead atoms. The molecule has 0 amide bonds. The first-order valence-electron chi connectivity index (χ1n) is 2.60. The smallest absolute Gasteiger partial charge is 0.106 e. The quantitative estimate of drug-likeness (QED) is 0.567. The van der Waals surface area contributed by atoms with Crippen molar-refractivity contribution in [1.29, 1.82) is 0 Å². The van der Waals surface area contributed by atoms with E-state index in [2.05, 4.69) is 52.8 Å². The Morgan fingerprint density at radius 1 is 1.40 bits per heavy atom. The molecule has 0 atom stereocenters. The minimum atomic E-state index is 0.842. The Hall–Kier alpha value is 0.590. The van der Waals surface area contributed by atoms with Gasteiger partial charge in [-0.15, -0.1) is 0 Å². The van der Waals surface area contributed by atoms with Crippen molar-refractivity contribution in [3.63, 3.8) is 0 Å². The first kappa shape index (κ1) is 8.68. The SMILES string of the molecule is BrCc1cc(Br)ncc1Br. The van der Waals surface area contributed by atoms with Crippen LogP contribution in [0.2, 0.25) is 0 Å². The van der Waals surface area contributed by atoms with Crippen molar-refractivity contribution in [1.82, 2.24) is 4.98 Å². The van der Waals surface area contributed by atoms with Crippen LogP contribution >= 0.6 is 47.8 Å². The summed E-state index contributed by atoms with van der Waals surface area (Å²) >= 11 is 10.0. The maximum Gasteiger partial charge on any atom is 0.106 e. The van der Waals surface area contributed by atoms with Crippen molar-refractivity contribution in [2.45, 2.75) is 5.33 Å². The maximum absolute atomic E-state index is 4.04. The Bertz CT molecular complexity index is 236. The molecular weight excluding hydrogens is 326 g/mol. The predicted octanol–water partition coefficient (Wildman–Crippen LogP) is 3.50. The summed E-state index contributed by atoms with van der Waals surface area (Å²) in [6, 6.07) is 1.97. The largest absolute Gasteiger partial charge is 0.248 e. The van der Waals surface area contributed by atoms with E-state index in [1.807, 2.05) is 6.07 Å². The molecule has 1 aromatic heterocycles. The molecule has 0 fully saturated rings. The van der Waals surface area contributed by atoms with Gasteiger partial charge in [0.15, 0.2) is 0 Å². The van der Waals surface area contributed by atoms with Gasteiger partial charge in [0, 0.05) is 16.0 Å². The fourth-order valence-electron chi connectivity index (χ4n) is 0.554. The van der Waals surface area contributed by atoms with Gasteiger partial charge in [-0.1, -0.05) is 15.9 Å². The van der Waals surface area contributed by atoms with Crippen LogP contribution in [0.25, 0.3) is 0 Å². The zero-order valence-electron chi connectivity index (χ0n) is 4.94. The van der Waals surface area contributed by atoms with Gasteiger partial charge in [0.25, 0.3) is 0 Å². The van der Waals surface area contributed by atoms with Gasteiger partial charge in [0.1, 0.15) is 4.60 Å². The second kappa shape index (κ2) is 3.83. The predicted molar refractivity (Wildman–Crippen MR) is 52.3 cm³/mol. The third-order valence-electron chi connectivity index (χ3n) is 1.05. The van der Waals surface area contributed by atoms with Crippen LogP contribution in [0.3, 0.4) is 0 Å². The van der Waals surface area contributed by atoms with Crippen molar-refractivity contribution in [3.8, 4) is 0 Å². The van der Waals surface area contributed by atoms with Gasteiger partial charge in [0.05, 0.1) is 0 Å². The van der Waals surface area contributed by atoms with Gasteiger partial charge < -0.3 is 0 Å². The molecule has 0 saturated carbocycles. The minimum absolute atomic E-state index is 0.842. The molecule has 4 heteroatoms. The standard InChI is InChI=1S/C6H4Br3N/c7-2-4-1-6(9)10-3-5(4)8/h1,3H,2H2. The first-order chi connectivity index (χ1) is 4.74. The van der Waals surface area contributed by atoms with Crippen LogP contribution in [0.4, 0.5) is 0 Å². The molecule has 0 saturated heterocycles. The third kappa shape index (κ3) is 2.04. The summed E-state index contributed by atoms with van der Waals surface area (Å²) in [6.45, 7) is 0. The number of pyridine rings is 1. The Morgan fingerprint density at radius 2 is 2.10 bits per heavy atom. The van der Waals surface area contributed by atoms with Crippen LogP contribution in [-0.4, -0.2) is 4.98 Å². The molecular formula is C6H4Br3N. The second-order valence-corrected chi connectivity index (χ2v) is 3.96. The average molecular weight is 330 g/mol. The molecule has 1 nitrogen and oxygen atoms in total. The monoisotopic (exact) mass is 327 g/mol. The number of hydrogen-bond acceptors (Lipinski definition) is 1. The van der Waals surface area contributed by atoms with E-state index >= 15 is 0 Å². The van der Waals surface area contributed by atoms with E-state index in [-0.39, 0.29) is 0 Å². The number of halogens is 3. The van der Waals surface area contributed by atoms with Gasteiger partial charge in [0.2, 0.25) is 0 Å². The molecule has 1 aromatic rings. The van der Waals surface area contributed by atoms with Crippen LogP contribution in [0, 0.1) is 0 Å². The molecule has 1 rings (SSSR count). The van der Waals surface area contributed by atoms with E-state index in [0.717, 1.165) is 14.4 Å². The molecule has 0 aromatic carbocycles. The molecule has 0 spiro atoms. The van der Waals surface area contributed by atoms with E-state index in [1.54, 1.807) is 6.20 Å². The van der Waals surface area contributed by atoms with Crippen molar-refractivity contribution >= 4 is 47.8 Å². The van der Waals surface area contributed by atoms with E-state index in [9.17, 15) is 0 Å². The van der Waals surface area contributed by atoms with E-state index in [4.69, 9.17) is 0 Å². The number of nitrogens with zero attached hydrogens (tertiary/aromatic N) is 1. The summed E-state index contributed by atoms with van der Waals surface area (Å²) in [5.41, 5.74) is 1.20. The Kier molecular flexibility index (Phi) is 3.33. The van der Waals surface area contributed by atoms with Gasteiger partial charge in [-0.3, -0.25) is 0 Å². The highest BCUT2D eigenvalue weighted by atomic mass is 79.9. The van der Waals surface area contributed by atoms with Crippen molar-refractivity contribution < 1.29 is 0 Å². The summed E-state index contributed by atoms with van der Waals surface area (Å²) in [6.07, 6.45) is 1.78. The second-order valence-electron chi connectivity index (χ2n) is 1.73. The molecule has 0 aliphatic heterocycles. The van der Waals surface area contributed by atoms with Crippen LogP contribution in [0.15, 0.2) is 21.3 Å². The van der Waals surface area contributed by atoms with Crippen molar-refractivity contribution in [2.75, 3.05) is 0 Å². The summed E-state index contributed by atoms with van der Waals surface area (Å²) < 4.78 is 1.90. The Labute approximate surface area is 84.6 Å². The lowest BCUT2D eigenvalue weighted by Gasteiger charge is -1.98. The summed E-state index contributed by atoms with van der Waals surface area (Å²) in [7, 11) is 0. The van der Waals surface area contributed by atoms with Crippen LogP contribution in [0.1, 0.15) is 5.56 Å². The fraction of sp³-hybridized carbons (Fsp3) is 0.167. The zero-order valence-corrected chi connectivity index (χ0v) is 9.70.